The Bertz CT molecular complexity index is 1170. The van der Waals surface area contributed by atoms with E-state index in [1.165, 1.54) is 77.0 Å². The highest BCUT2D eigenvalue weighted by molar-refractivity contribution is 7.45. The van der Waals surface area contributed by atoms with Gasteiger partial charge < -0.3 is 32.6 Å². The first-order chi connectivity index (χ1) is 28.5. The predicted molar refractivity (Wildman–Crippen MR) is 240 cm³/mol. The van der Waals surface area contributed by atoms with Crippen LogP contribution >= 0.6 is 7.82 Å². The van der Waals surface area contributed by atoms with E-state index in [4.69, 9.17) is 23.3 Å². The molecule has 4 atom stereocenters. The molecular formula is C48H88NO9P. The molecule has 0 saturated carbocycles. The summed E-state index contributed by atoms with van der Waals surface area (Å²) in [6, 6.07) is 0. The van der Waals surface area contributed by atoms with Crippen molar-refractivity contribution in [3.8, 4) is 0 Å². The molecule has 0 aliphatic carbocycles. The van der Waals surface area contributed by atoms with Crippen molar-refractivity contribution in [2.75, 3.05) is 47.5 Å². The SMILES string of the molecule is CCCCC/C=C\C/C=C\CCCCCCCCCCCC(=O)O[C@H](COC(=O)CCCCCCCC1OC1C/C=C\CCCCC)COP(=O)([O-])OCC[N+](C)(C)C. The first-order valence-corrected chi connectivity index (χ1v) is 25.3. The minimum Gasteiger partial charge on any atom is -0.756 e. The number of epoxide rings is 1. The maximum Gasteiger partial charge on any atom is 0.306 e. The van der Waals surface area contributed by atoms with Crippen molar-refractivity contribution in [2.45, 2.75) is 212 Å². The lowest BCUT2D eigenvalue weighted by molar-refractivity contribution is -0.870. The summed E-state index contributed by atoms with van der Waals surface area (Å²) in [6.45, 7) is 4.15. The molecule has 1 rings (SSSR count). The summed E-state index contributed by atoms with van der Waals surface area (Å²) in [7, 11) is 1.14. The lowest BCUT2D eigenvalue weighted by atomic mass is 10.1. The minimum atomic E-state index is -4.64. The summed E-state index contributed by atoms with van der Waals surface area (Å²) >= 11 is 0. The summed E-state index contributed by atoms with van der Waals surface area (Å²) in [5.74, 6) is -0.860. The molecule has 1 aliphatic heterocycles. The molecular weight excluding hydrogens is 766 g/mol. The third-order valence-corrected chi connectivity index (χ3v) is 11.5. The summed E-state index contributed by atoms with van der Waals surface area (Å²) in [4.78, 5) is 37.7. The van der Waals surface area contributed by atoms with E-state index in [0.29, 0.717) is 36.1 Å². The smallest absolute Gasteiger partial charge is 0.306 e. The third-order valence-electron chi connectivity index (χ3n) is 10.6. The molecule has 0 aromatic carbocycles. The average Bonchev–Trinajstić information content (AvgIpc) is 3.94. The lowest BCUT2D eigenvalue weighted by Crippen LogP contribution is -2.37. The minimum absolute atomic E-state index is 0.0371. The molecule has 0 aromatic rings. The summed E-state index contributed by atoms with van der Waals surface area (Å²) in [5.41, 5.74) is 0. The molecule has 0 amide bonds. The van der Waals surface area contributed by atoms with Gasteiger partial charge in [-0.1, -0.05) is 147 Å². The maximum absolute atomic E-state index is 12.7. The van der Waals surface area contributed by atoms with Gasteiger partial charge in [-0.15, -0.1) is 0 Å². The van der Waals surface area contributed by atoms with Crippen LogP contribution in [-0.4, -0.2) is 82.2 Å². The number of ether oxygens (including phenoxy) is 3. The van der Waals surface area contributed by atoms with Crippen molar-refractivity contribution in [3.63, 3.8) is 0 Å². The second kappa shape index (κ2) is 36.8. The molecule has 0 aromatic heterocycles. The number of rotatable bonds is 42. The number of allylic oxidation sites excluding steroid dienone is 5. The first-order valence-electron chi connectivity index (χ1n) is 23.8. The Balaban J connectivity index is 2.25. The molecule has 0 spiro atoms. The Morgan fingerprint density at radius 1 is 0.627 bits per heavy atom. The quantitative estimate of drug-likeness (QED) is 0.0147. The van der Waals surface area contributed by atoms with Crippen LogP contribution in [0.4, 0.5) is 0 Å². The zero-order chi connectivity index (χ0) is 43.3. The van der Waals surface area contributed by atoms with Crippen molar-refractivity contribution in [3.05, 3.63) is 36.5 Å². The Morgan fingerprint density at radius 2 is 1.14 bits per heavy atom. The van der Waals surface area contributed by atoms with Gasteiger partial charge in [-0.2, -0.15) is 0 Å². The molecule has 1 saturated heterocycles. The monoisotopic (exact) mass is 854 g/mol. The average molecular weight is 854 g/mol. The number of carbonyl (C=O) groups excluding carboxylic acids is 2. The van der Waals surface area contributed by atoms with Crippen molar-refractivity contribution in [2.24, 2.45) is 0 Å². The molecule has 344 valence electrons. The number of likely N-dealkylation sites (N-methyl/N-ethyl adjacent to an activating group) is 1. The van der Waals surface area contributed by atoms with Gasteiger partial charge in [-0.25, -0.2) is 0 Å². The van der Waals surface area contributed by atoms with E-state index in [1.807, 2.05) is 21.1 Å². The second-order valence-corrected chi connectivity index (χ2v) is 18.9. The number of quaternary nitrogens is 1. The Kier molecular flexibility index (Phi) is 34.4. The summed E-state index contributed by atoms with van der Waals surface area (Å²) < 4.78 is 39.8. The summed E-state index contributed by atoms with van der Waals surface area (Å²) in [6.07, 6.45) is 43.2. The van der Waals surface area contributed by atoms with E-state index in [9.17, 15) is 19.0 Å². The fourth-order valence-corrected chi connectivity index (χ4v) is 7.42. The van der Waals surface area contributed by atoms with E-state index in [1.54, 1.807) is 0 Å². The normalized spacial score (nSPS) is 17.3. The molecule has 11 heteroatoms. The number of esters is 2. The van der Waals surface area contributed by atoms with Gasteiger partial charge in [0.05, 0.1) is 40.0 Å². The molecule has 10 nitrogen and oxygen atoms in total. The van der Waals surface area contributed by atoms with Crippen LogP contribution in [0.25, 0.3) is 0 Å². The fourth-order valence-electron chi connectivity index (χ4n) is 6.69. The standard InChI is InChI=1S/C48H88NO9P/c1-6-8-10-12-14-15-16-17-18-19-20-21-22-23-24-25-26-30-35-39-48(51)57-44(43-56-59(52,53)55-41-40-49(3,4)5)42-54-47(50)38-34-31-27-29-33-37-46-45(58-46)36-32-28-13-11-9-7-2/h14-15,17-18,28,32,44-46H,6-13,16,19-27,29-31,33-43H2,1-5H3/b15-14-,18-17-,32-28-/t44-,45?,46?/m1/s1. The van der Waals surface area contributed by atoms with E-state index < -0.39 is 32.5 Å². The van der Waals surface area contributed by atoms with E-state index in [2.05, 4.69) is 50.3 Å². The highest BCUT2D eigenvalue weighted by Crippen LogP contribution is 2.38. The number of unbranched alkanes of at least 4 members (excludes halogenated alkanes) is 19. The number of hydrogen-bond acceptors (Lipinski definition) is 9. The van der Waals surface area contributed by atoms with Gasteiger partial charge >= 0.3 is 11.9 Å². The first kappa shape index (κ1) is 55.2. The van der Waals surface area contributed by atoms with Gasteiger partial charge in [-0.05, 0) is 70.6 Å². The summed E-state index contributed by atoms with van der Waals surface area (Å²) in [5, 5.41) is 0. The van der Waals surface area contributed by atoms with Crippen molar-refractivity contribution < 1.29 is 46.8 Å². The number of phosphoric ester groups is 1. The Morgan fingerprint density at radius 3 is 1.71 bits per heavy atom. The number of nitrogens with zero attached hydrogens (tertiary/aromatic N) is 1. The largest absolute Gasteiger partial charge is 0.756 e. The van der Waals surface area contributed by atoms with Crippen LogP contribution in [0.1, 0.15) is 194 Å². The van der Waals surface area contributed by atoms with Crippen molar-refractivity contribution in [1.82, 2.24) is 0 Å². The number of phosphoric acid groups is 1. The highest BCUT2D eigenvalue weighted by atomic mass is 31.2. The van der Waals surface area contributed by atoms with Gasteiger partial charge in [0.15, 0.2) is 6.10 Å². The van der Waals surface area contributed by atoms with Crippen LogP contribution in [-0.2, 0) is 37.4 Å². The van der Waals surface area contributed by atoms with Gasteiger partial charge in [0, 0.05) is 12.8 Å². The predicted octanol–water partition coefficient (Wildman–Crippen LogP) is 12.0. The Labute approximate surface area is 361 Å². The molecule has 0 bridgehead atoms. The van der Waals surface area contributed by atoms with Crippen LogP contribution in [0.3, 0.4) is 0 Å². The fraction of sp³-hybridized carbons (Fsp3) is 0.833. The molecule has 0 radical (unpaired) electrons. The molecule has 1 heterocycles. The molecule has 0 N–H and O–H groups in total. The molecule has 3 unspecified atom stereocenters. The van der Waals surface area contributed by atoms with Gasteiger partial charge in [0.1, 0.15) is 19.8 Å². The topological polar surface area (TPSA) is 124 Å². The van der Waals surface area contributed by atoms with Crippen LogP contribution in [0.2, 0.25) is 0 Å². The van der Waals surface area contributed by atoms with E-state index >= 15 is 0 Å². The van der Waals surface area contributed by atoms with Crippen molar-refractivity contribution >= 4 is 19.8 Å². The molecule has 1 aliphatic rings. The molecule has 1 fully saturated rings. The molecule has 59 heavy (non-hydrogen) atoms. The van der Waals surface area contributed by atoms with Crippen LogP contribution in [0, 0.1) is 0 Å². The highest BCUT2D eigenvalue weighted by Gasteiger charge is 2.36. The van der Waals surface area contributed by atoms with Gasteiger partial charge in [0.25, 0.3) is 7.82 Å². The third kappa shape index (κ3) is 37.7. The second-order valence-electron chi connectivity index (χ2n) is 17.5. The van der Waals surface area contributed by atoms with Crippen LogP contribution < -0.4 is 4.89 Å². The zero-order valence-electron chi connectivity index (χ0n) is 38.4. The van der Waals surface area contributed by atoms with Crippen LogP contribution in [0.5, 0.6) is 0 Å². The van der Waals surface area contributed by atoms with E-state index in [0.717, 1.165) is 77.0 Å². The van der Waals surface area contributed by atoms with E-state index in [-0.39, 0.29) is 26.1 Å². The maximum atomic E-state index is 12.7. The zero-order valence-corrected chi connectivity index (χ0v) is 39.3. The van der Waals surface area contributed by atoms with Crippen LogP contribution in [0.15, 0.2) is 36.5 Å². The lowest BCUT2D eigenvalue weighted by Gasteiger charge is -2.28. The number of carbonyl (C=O) groups is 2. The Hall–Kier alpha value is -1.81. The number of hydrogen-bond donors (Lipinski definition) is 0. The van der Waals surface area contributed by atoms with Gasteiger partial charge in [-0.3, -0.25) is 14.2 Å². The van der Waals surface area contributed by atoms with Gasteiger partial charge in [0.2, 0.25) is 0 Å². The van der Waals surface area contributed by atoms with Crippen molar-refractivity contribution in [1.29, 1.82) is 0 Å².